The van der Waals surface area contributed by atoms with E-state index in [1.807, 2.05) is 19.9 Å². The molecule has 0 aliphatic carbocycles. The molecule has 0 atom stereocenters. The first-order valence-corrected chi connectivity index (χ1v) is 7.00. The molecule has 0 saturated heterocycles. The molecule has 0 saturated carbocycles. The fourth-order valence-corrected chi connectivity index (χ4v) is 2.49. The normalized spacial score (nSPS) is 10.3. The molecule has 0 aromatic heterocycles. The van der Waals surface area contributed by atoms with E-state index in [-0.39, 0.29) is 10.6 Å². The van der Waals surface area contributed by atoms with E-state index in [1.54, 1.807) is 6.07 Å². The fourth-order valence-electron chi connectivity index (χ4n) is 1.96. The maximum absolute atomic E-state index is 10.8. The van der Waals surface area contributed by atoms with Crippen LogP contribution in [0.5, 0.6) is 0 Å². The molecule has 20 heavy (non-hydrogen) atoms. The van der Waals surface area contributed by atoms with Crippen LogP contribution >= 0.6 is 15.9 Å². The molecule has 0 spiro atoms. The third-order valence-corrected chi connectivity index (χ3v) is 3.49. The van der Waals surface area contributed by atoms with E-state index in [4.69, 9.17) is 0 Å². The van der Waals surface area contributed by atoms with Crippen molar-refractivity contribution >= 4 is 27.3 Å². The molecule has 2 aromatic carbocycles. The Labute approximate surface area is 126 Å². The summed E-state index contributed by atoms with van der Waals surface area (Å²) in [5.41, 5.74) is 4.34. The molecular weight excluding hydrogens is 320 g/mol. The lowest BCUT2D eigenvalue weighted by Crippen LogP contribution is -2.02. The summed E-state index contributed by atoms with van der Waals surface area (Å²) >= 11 is 3.30. The molecule has 0 fully saturated rings. The van der Waals surface area contributed by atoms with Crippen molar-refractivity contribution in [3.63, 3.8) is 0 Å². The fraction of sp³-hybridized carbons (Fsp3) is 0.200. The number of nitro benzene ring substituents is 1. The number of rotatable bonds is 4. The average Bonchev–Trinajstić information content (AvgIpc) is 2.39. The van der Waals surface area contributed by atoms with Crippen LogP contribution in [0, 0.1) is 24.0 Å². The van der Waals surface area contributed by atoms with Crippen LogP contribution in [0.3, 0.4) is 0 Å². The Kier molecular flexibility index (Phi) is 4.39. The molecular formula is C15H15BrN2O2. The highest BCUT2D eigenvalue weighted by atomic mass is 79.9. The molecule has 0 aliphatic heterocycles. The van der Waals surface area contributed by atoms with E-state index in [9.17, 15) is 10.1 Å². The van der Waals surface area contributed by atoms with E-state index in [0.717, 1.165) is 16.8 Å². The highest BCUT2D eigenvalue weighted by molar-refractivity contribution is 9.10. The van der Waals surface area contributed by atoms with Crippen molar-refractivity contribution in [1.82, 2.24) is 0 Å². The zero-order valence-corrected chi connectivity index (χ0v) is 12.9. The summed E-state index contributed by atoms with van der Waals surface area (Å²) in [5, 5.41) is 14.2. The van der Waals surface area contributed by atoms with Crippen molar-refractivity contribution in [1.29, 1.82) is 0 Å². The number of halogens is 1. The lowest BCUT2D eigenvalue weighted by atomic mass is 10.1. The van der Waals surface area contributed by atoms with Crippen molar-refractivity contribution in [2.24, 2.45) is 0 Å². The summed E-state index contributed by atoms with van der Waals surface area (Å²) in [5.74, 6) is 0. The van der Waals surface area contributed by atoms with Gasteiger partial charge in [0.05, 0.1) is 4.92 Å². The molecule has 0 aliphatic rings. The Bertz CT molecular complexity index is 656. The molecule has 1 N–H and O–H groups in total. The molecule has 0 heterocycles. The Morgan fingerprint density at radius 3 is 2.65 bits per heavy atom. The van der Waals surface area contributed by atoms with Gasteiger partial charge in [0.2, 0.25) is 0 Å². The number of nitrogens with zero attached hydrogens (tertiary/aromatic N) is 1. The van der Waals surface area contributed by atoms with Crippen molar-refractivity contribution in [2.45, 2.75) is 20.4 Å². The molecule has 5 heteroatoms. The lowest BCUT2D eigenvalue weighted by molar-refractivity contribution is -0.385. The lowest BCUT2D eigenvalue weighted by Gasteiger charge is -2.11. The zero-order chi connectivity index (χ0) is 14.7. The summed E-state index contributed by atoms with van der Waals surface area (Å²) in [6.45, 7) is 4.62. The predicted molar refractivity (Wildman–Crippen MR) is 84.0 cm³/mol. The van der Waals surface area contributed by atoms with Gasteiger partial charge in [-0.3, -0.25) is 10.1 Å². The van der Waals surface area contributed by atoms with Gasteiger partial charge in [0.1, 0.15) is 0 Å². The van der Waals surface area contributed by atoms with Crippen LogP contribution in [0.2, 0.25) is 0 Å². The number of benzene rings is 2. The molecule has 104 valence electrons. The van der Waals surface area contributed by atoms with Crippen LogP contribution in [0.4, 0.5) is 11.4 Å². The number of hydrogen-bond donors (Lipinski definition) is 1. The topological polar surface area (TPSA) is 55.2 Å². The van der Waals surface area contributed by atoms with Crippen molar-refractivity contribution in [3.8, 4) is 0 Å². The third kappa shape index (κ3) is 3.57. The van der Waals surface area contributed by atoms with Gasteiger partial charge >= 0.3 is 0 Å². The van der Waals surface area contributed by atoms with E-state index >= 15 is 0 Å². The van der Waals surface area contributed by atoms with Crippen molar-refractivity contribution in [3.05, 3.63) is 67.7 Å². The SMILES string of the molecule is Cc1ccc(C)c(NCc2cc(Br)cc([N+](=O)[O-])c2)c1. The van der Waals surface area contributed by atoms with E-state index in [1.165, 1.54) is 11.6 Å². The quantitative estimate of drug-likeness (QED) is 0.657. The van der Waals surface area contributed by atoms with Gasteiger partial charge in [-0.25, -0.2) is 0 Å². The molecule has 4 nitrogen and oxygen atoms in total. The molecule has 2 aromatic rings. The summed E-state index contributed by atoms with van der Waals surface area (Å²) < 4.78 is 0.712. The van der Waals surface area contributed by atoms with Crippen LogP contribution in [-0.2, 0) is 6.54 Å². The molecule has 0 radical (unpaired) electrons. The van der Waals surface area contributed by atoms with Crippen LogP contribution in [0.25, 0.3) is 0 Å². The van der Waals surface area contributed by atoms with Crippen LogP contribution in [0.15, 0.2) is 40.9 Å². The van der Waals surface area contributed by atoms with Gasteiger partial charge in [-0.2, -0.15) is 0 Å². The first-order chi connectivity index (χ1) is 9.45. The van der Waals surface area contributed by atoms with Crippen LogP contribution in [-0.4, -0.2) is 4.92 Å². The second-order valence-corrected chi connectivity index (χ2v) is 5.66. The largest absolute Gasteiger partial charge is 0.381 e. The van der Waals surface area contributed by atoms with Crippen molar-refractivity contribution in [2.75, 3.05) is 5.32 Å². The number of anilines is 1. The van der Waals surface area contributed by atoms with Gasteiger partial charge in [-0.1, -0.05) is 28.1 Å². The number of hydrogen-bond acceptors (Lipinski definition) is 3. The Balaban J connectivity index is 2.18. The first-order valence-electron chi connectivity index (χ1n) is 6.20. The van der Waals surface area contributed by atoms with Gasteiger partial charge in [-0.15, -0.1) is 0 Å². The van der Waals surface area contributed by atoms with E-state index in [2.05, 4.69) is 39.4 Å². The number of nitrogens with one attached hydrogen (secondary N) is 1. The Hall–Kier alpha value is -1.88. The second-order valence-electron chi connectivity index (χ2n) is 4.75. The first kappa shape index (κ1) is 14.5. The van der Waals surface area contributed by atoms with Gasteiger partial charge in [0.15, 0.2) is 0 Å². The number of nitro groups is 1. The maximum Gasteiger partial charge on any atom is 0.270 e. The van der Waals surface area contributed by atoms with E-state index in [0.29, 0.717) is 11.0 Å². The minimum atomic E-state index is -0.383. The Morgan fingerprint density at radius 2 is 1.95 bits per heavy atom. The number of aryl methyl sites for hydroxylation is 2. The van der Waals surface area contributed by atoms with Gasteiger partial charge in [-0.05, 0) is 42.7 Å². The summed E-state index contributed by atoms with van der Waals surface area (Å²) in [4.78, 5) is 10.5. The van der Waals surface area contributed by atoms with Crippen LogP contribution in [0.1, 0.15) is 16.7 Å². The van der Waals surface area contributed by atoms with Gasteiger partial charge < -0.3 is 5.32 Å². The smallest absolute Gasteiger partial charge is 0.270 e. The maximum atomic E-state index is 10.8. The minimum Gasteiger partial charge on any atom is -0.381 e. The highest BCUT2D eigenvalue weighted by Gasteiger charge is 2.09. The molecule has 0 amide bonds. The predicted octanol–water partition coefficient (Wildman–Crippen LogP) is 4.59. The summed E-state index contributed by atoms with van der Waals surface area (Å²) in [6, 6.07) is 11.2. The molecule has 2 rings (SSSR count). The summed E-state index contributed by atoms with van der Waals surface area (Å²) in [7, 11) is 0. The monoisotopic (exact) mass is 334 g/mol. The average molecular weight is 335 g/mol. The number of non-ortho nitro benzene ring substituents is 1. The van der Waals surface area contributed by atoms with Crippen molar-refractivity contribution < 1.29 is 4.92 Å². The third-order valence-electron chi connectivity index (χ3n) is 3.03. The van der Waals surface area contributed by atoms with Gasteiger partial charge in [0, 0.05) is 28.8 Å². The molecule has 0 bridgehead atoms. The highest BCUT2D eigenvalue weighted by Crippen LogP contribution is 2.23. The summed E-state index contributed by atoms with van der Waals surface area (Å²) in [6.07, 6.45) is 0. The minimum absolute atomic E-state index is 0.0946. The van der Waals surface area contributed by atoms with E-state index < -0.39 is 0 Å². The Morgan fingerprint density at radius 1 is 1.20 bits per heavy atom. The standard InChI is InChI=1S/C15H15BrN2O2/c1-10-3-4-11(2)15(5-10)17-9-12-6-13(16)8-14(7-12)18(19)20/h3-8,17H,9H2,1-2H3. The van der Waals surface area contributed by atoms with Crippen LogP contribution < -0.4 is 5.32 Å². The molecule has 0 unspecified atom stereocenters. The van der Waals surface area contributed by atoms with Gasteiger partial charge in [0.25, 0.3) is 5.69 Å². The zero-order valence-electron chi connectivity index (χ0n) is 11.3. The second kappa shape index (κ2) is 6.05.